The van der Waals surface area contributed by atoms with E-state index in [-0.39, 0.29) is 11.8 Å². The summed E-state index contributed by atoms with van der Waals surface area (Å²) >= 11 is 0. The number of anilines is 1. The maximum absolute atomic E-state index is 12.2. The fraction of sp³-hybridized carbons (Fsp3) is 0.533. The van der Waals surface area contributed by atoms with Crippen LogP contribution in [0, 0.1) is 5.92 Å². The van der Waals surface area contributed by atoms with E-state index in [1.54, 1.807) is 26.4 Å². The van der Waals surface area contributed by atoms with Gasteiger partial charge in [0, 0.05) is 24.3 Å². The minimum absolute atomic E-state index is 0.0271. The van der Waals surface area contributed by atoms with E-state index in [0.29, 0.717) is 17.5 Å². The molecule has 1 aromatic carbocycles. The van der Waals surface area contributed by atoms with Crippen molar-refractivity contribution in [3.05, 3.63) is 18.2 Å². The van der Waals surface area contributed by atoms with Gasteiger partial charge in [0.15, 0.2) is 11.5 Å². The lowest BCUT2D eigenvalue weighted by Gasteiger charge is -2.26. The Morgan fingerprint density at radius 1 is 1.25 bits per heavy atom. The highest BCUT2D eigenvalue weighted by atomic mass is 16.5. The van der Waals surface area contributed by atoms with E-state index in [1.165, 1.54) is 0 Å². The summed E-state index contributed by atoms with van der Waals surface area (Å²) in [6.45, 7) is 2.88. The molecule has 1 aliphatic heterocycles. The second-order valence-electron chi connectivity index (χ2n) is 5.14. The molecule has 20 heavy (non-hydrogen) atoms. The summed E-state index contributed by atoms with van der Waals surface area (Å²) in [4.78, 5) is 12.2. The van der Waals surface area contributed by atoms with Crippen LogP contribution < -0.4 is 20.1 Å². The largest absolute Gasteiger partial charge is 0.493 e. The summed E-state index contributed by atoms with van der Waals surface area (Å²) in [6, 6.07) is 5.88. The van der Waals surface area contributed by atoms with Gasteiger partial charge in [0.1, 0.15) is 0 Å². The van der Waals surface area contributed by atoms with Gasteiger partial charge in [-0.3, -0.25) is 4.79 Å². The monoisotopic (exact) mass is 278 g/mol. The Morgan fingerprint density at radius 2 is 2.00 bits per heavy atom. The van der Waals surface area contributed by atoms with Gasteiger partial charge in [-0.05, 0) is 31.9 Å². The summed E-state index contributed by atoms with van der Waals surface area (Å²) in [5.41, 5.74) is 0.728. The SMILES string of the molecule is COc1ccc(NC(=O)C2CCC(C)NC2)cc1OC. The molecule has 2 unspecified atom stereocenters. The molecule has 0 radical (unpaired) electrons. The minimum atomic E-state index is 0.0271. The highest BCUT2D eigenvalue weighted by Crippen LogP contribution is 2.30. The molecule has 0 aromatic heterocycles. The van der Waals surface area contributed by atoms with Crippen LogP contribution in [0.1, 0.15) is 19.8 Å². The molecule has 0 saturated carbocycles. The van der Waals surface area contributed by atoms with Crippen molar-refractivity contribution in [2.45, 2.75) is 25.8 Å². The fourth-order valence-corrected chi connectivity index (χ4v) is 2.38. The lowest BCUT2D eigenvalue weighted by Crippen LogP contribution is -2.41. The average molecular weight is 278 g/mol. The van der Waals surface area contributed by atoms with Crippen LogP contribution in [0.5, 0.6) is 11.5 Å². The number of hydrogen-bond acceptors (Lipinski definition) is 4. The van der Waals surface area contributed by atoms with Crippen LogP contribution in [0.25, 0.3) is 0 Å². The van der Waals surface area contributed by atoms with E-state index < -0.39 is 0 Å². The first-order valence-corrected chi connectivity index (χ1v) is 6.90. The lowest BCUT2D eigenvalue weighted by molar-refractivity contribution is -0.120. The zero-order valence-electron chi connectivity index (χ0n) is 12.2. The third-order valence-corrected chi connectivity index (χ3v) is 3.68. The van der Waals surface area contributed by atoms with Gasteiger partial charge < -0.3 is 20.1 Å². The van der Waals surface area contributed by atoms with Crippen molar-refractivity contribution in [3.63, 3.8) is 0 Å². The number of carbonyl (C=O) groups excluding carboxylic acids is 1. The molecule has 2 N–H and O–H groups in total. The molecule has 1 saturated heterocycles. The maximum Gasteiger partial charge on any atom is 0.228 e. The third-order valence-electron chi connectivity index (χ3n) is 3.68. The summed E-state index contributed by atoms with van der Waals surface area (Å²) < 4.78 is 10.4. The number of piperidine rings is 1. The number of ether oxygens (including phenoxy) is 2. The highest BCUT2D eigenvalue weighted by Gasteiger charge is 2.24. The highest BCUT2D eigenvalue weighted by molar-refractivity contribution is 5.93. The summed E-state index contributed by atoms with van der Waals surface area (Å²) in [5.74, 6) is 1.34. The molecule has 0 bridgehead atoms. The predicted octanol–water partition coefficient (Wildman–Crippen LogP) is 2.03. The number of amides is 1. The molecule has 1 fully saturated rings. The van der Waals surface area contributed by atoms with Gasteiger partial charge in [-0.25, -0.2) is 0 Å². The van der Waals surface area contributed by atoms with Crippen molar-refractivity contribution < 1.29 is 14.3 Å². The molecule has 1 aromatic rings. The number of nitrogens with one attached hydrogen (secondary N) is 2. The summed E-state index contributed by atoms with van der Waals surface area (Å²) in [7, 11) is 3.17. The maximum atomic E-state index is 12.2. The van der Waals surface area contributed by atoms with E-state index in [1.807, 2.05) is 6.07 Å². The van der Waals surface area contributed by atoms with Crippen LogP contribution in [0.15, 0.2) is 18.2 Å². The number of benzene rings is 1. The van der Waals surface area contributed by atoms with Gasteiger partial charge in [0.05, 0.1) is 20.1 Å². The fourth-order valence-electron chi connectivity index (χ4n) is 2.38. The van der Waals surface area contributed by atoms with Crippen molar-refractivity contribution >= 4 is 11.6 Å². The Balaban J connectivity index is 2.00. The zero-order chi connectivity index (χ0) is 14.5. The van der Waals surface area contributed by atoms with E-state index in [2.05, 4.69) is 17.6 Å². The van der Waals surface area contributed by atoms with Crippen molar-refractivity contribution in [3.8, 4) is 11.5 Å². The minimum Gasteiger partial charge on any atom is -0.493 e. The standard InChI is InChI=1S/C15H22N2O3/c1-10-4-5-11(9-16-10)15(18)17-12-6-7-13(19-2)14(8-12)20-3/h6-8,10-11,16H,4-5,9H2,1-3H3,(H,17,18). The van der Waals surface area contributed by atoms with Crippen molar-refractivity contribution in [1.82, 2.24) is 5.32 Å². The second-order valence-corrected chi connectivity index (χ2v) is 5.14. The Hall–Kier alpha value is -1.75. The quantitative estimate of drug-likeness (QED) is 0.884. The predicted molar refractivity (Wildman–Crippen MR) is 78.4 cm³/mol. The molecule has 2 atom stereocenters. The number of hydrogen-bond donors (Lipinski definition) is 2. The Kier molecular flexibility index (Phi) is 4.84. The van der Waals surface area contributed by atoms with E-state index >= 15 is 0 Å². The van der Waals surface area contributed by atoms with Crippen LogP contribution in [-0.2, 0) is 4.79 Å². The zero-order valence-corrected chi connectivity index (χ0v) is 12.2. The molecule has 0 aliphatic carbocycles. The normalized spacial score (nSPS) is 22.1. The summed E-state index contributed by atoms with van der Waals surface area (Å²) in [6.07, 6.45) is 1.96. The third kappa shape index (κ3) is 3.42. The first kappa shape index (κ1) is 14.7. The van der Waals surface area contributed by atoms with Gasteiger partial charge in [-0.15, -0.1) is 0 Å². The second kappa shape index (κ2) is 6.61. The van der Waals surface area contributed by atoms with Gasteiger partial charge in [0.25, 0.3) is 0 Å². The van der Waals surface area contributed by atoms with E-state index in [0.717, 1.165) is 25.1 Å². The molecule has 1 aliphatic rings. The first-order chi connectivity index (χ1) is 9.63. The van der Waals surface area contributed by atoms with E-state index in [4.69, 9.17) is 9.47 Å². The smallest absolute Gasteiger partial charge is 0.228 e. The average Bonchev–Trinajstić information content (AvgIpc) is 2.47. The molecule has 2 rings (SSSR count). The molecule has 110 valence electrons. The van der Waals surface area contributed by atoms with Gasteiger partial charge in [-0.2, -0.15) is 0 Å². The van der Waals surface area contributed by atoms with Crippen molar-refractivity contribution in [2.24, 2.45) is 5.92 Å². The van der Waals surface area contributed by atoms with Crippen LogP contribution >= 0.6 is 0 Å². The van der Waals surface area contributed by atoms with Crippen LogP contribution in [-0.4, -0.2) is 32.7 Å². The van der Waals surface area contributed by atoms with Gasteiger partial charge >= 0.3 is 0 Å². The topological polar surface area (TPSA) is 59.6 Å². The Morgan fingerprint density at radius 3 is 2.60 bits per heavy atom. The van der Waals surface area contributed by atoms with Crippen molar-refractivity contribution in [1.29, 1.82) is 0 Å². The van der Waals surface area contributed by atoms with Gasteiger partial charge in [0.2, 0.25) is 5.91 Å². The molecule has 1 heterocycles. The lowest BCUT2D eigenvalue weighted by atomic mass is 9.95. The number of rotatable bonds is 4. The first-order valence-electron chi connectivity index (χ1n) is 6.90. The molecular formula is C15H22N2O3. The number of carbonyl (C=O) groups is 1. The van der Waals surface area contributed by atoms with Crippen LogP contribution in [0.3, 0.4) is 0 Å². The number of methoxy groups -OCH3 is 2. The Labute approximate surface area is 119 Å². The molecule has 0 spiro atoms. The van der Waals surface area contributed by atoms with Crippen LogP contribution in [0.2, 0.25) is 0 Å². The van der Waals surface area contributed by atoms with Gasteiger partial charge in [-0.1, -0.05) is 0 Å². The van der Waals surface area contributed by atoms with Crippen molar-refractivity contribution in [2.75, 3.05) is 26.1 Å². The molecular weight excluding hydrogens is 256 g/mol. The molecule has 5 heteroatoms. The van der Waals surface area contributed by atoms with E-state index in [9.17, 15) is 4.79 Å². The summed E-state index contributed by atoms with van der Waals surface area (Å²) in [5, 5.41) is 6.27. The Bertz CT molecular complexity index is 468. The van der Waals surface area contributed by atoms with Crippen LogP contribution in [0.4, 0.5) is 5.69 Å². The molecule has 1 amide bonds. The molecule has 5 nitrogen and oxygen atoms in total.